The van der Waals surface area contributed by atoms with Crippen molar-refractivity contribution < 1.29 is 23.3 Å². The van der Waals surface area contributed by atoms with Crippen molar-refractivity contribution in [3.8, 4) is 22.3 Å². The van der Waals surface area contributed by atoms with Gasteiger partial charge in [0.05, 0.1) is 0 Å². The predicted octanol–water partition coefficient (Wildman–Crippen LogP) is 14.7. The quantitative estimate of drug-likeness (QED) is 0.116. The summed E-state index contributed by atoms with van der Waals surface area (Å²) in [5.74, 6) is 1.96. The Bertz CT molecular complexity index is 1840. The number of benzene rings is 4. The van der Waals surface area contributed by atoms with E-state index in [4.69, 9.17) is 0 Å². The van der Waals surface area contributed by atoms with E-state index in [0.29, 0.717) is 11.8 Å². The number of fused-ring (bicyclic) bond motifs is 2. The maximum atomic E-state index is 3.06. The summed E-state index contributed by atoms with van der Waals surface area (Å²) in [7, 11) is 0. The van der Waals surface area contributed by atoms with E-state index in [1.165, 1.54) is 116 Å². The molecule has 1 saturated carbocycles. The van der Waals surface area contributed by atoms with Gasteiger partial charge in [0.1, 0.15) is 0 Å². The molecule has 7 rings (SSSR count). The van der Waals surface area contributed by atoms with Gasteiger partial charge in [0, 0.05) is 0 Å². The van der Waals surface area contributed by atoms with Crippen molar-refractivity contribution in [2.24, 2.45) is 0 Å². The first-order valence-corrected chi connectivity index (χ1v) is 21.4. The van der Waals surface area contributed by atoms with E-state index in [1.54, 1.807) is 5.56 Å². The van der Waals surface area contributed by atoms with Crippen LogP contribution in [0.3, 0.4) is 0 Å². The van der Waals surface area contributed by atoms with Crippen LogP contribution in [0, 0.1) is 14.9 Å². The van der Waals surface area contributed by atoms with E-state index in [1.807, 2.05) is 0 Å². The fourth-order valence-electron chi connectivity index (χ4n) is 7.03. The molecule has 266 valence electrons. The van der Waals surface area contributed by atoms with Crippen molar-refractivity contribution in [2.45, 2.75) is 90.9 Å². The molecule has 0 saturated heterocycles. The van der Waals surface area contributed by atoms with Crippen LogP contribution in [-0.4, -0.2) is 6.88 Å². The molecule has 0 unspecified atom stereocenters. The molecule has 0 heterocycles. The number of rotatable bonds is 6. The monoisotopic (exact) mass is 796 g/mol. The summed E-state index contributed by atoms with van der Waals surface area (Å²) in [5, 5.41) is 5.56. The second kappa shape index (κ2) is 22.0. The van der Waals surface area contributed by atoms with Gasteiger partial charge in [-0.15, -0.1) is 93.9 Å². The van der Waals surface area contributed by atoms with Gasteiger partial charge >= 0.3 is 30.2 Å². The zero-order chi connectivity index (χ0) is 32.6. The zero-order valence-electron chi connectivity index (χ0n) is 31.2. The van der Waals surface area contributed by atoms with Crippen LogP contribution in [0.4, 0.5) is 0 Å². The summed E-state index contributed by atoms with van der Waals surface area (Å²) in [6.45, 7) is 14.3. The van der Waals surface area contributed by atoms with Crippen molar-refractivity contribution in [1.82, 2.24) is 0 Å². The van der Waals surface area contributed by atoms with E-state index >= 15 is 0 Å². The second-order valence-corrected chi connectivity index (χ2v) is 13.5. The Hall–Kier alpha value is -2.22. The summed E-state index contributed by atoms with van der Waals surface area (Å²) in [4.78, 5) is 0. The van der Waals surface area contributed by atoms with Gasteiger partial charge in [-0.1, -0.05) is 126 Å². The van der Waals surface area contributed by atoms with Crippen molar-refractivity contribution in [1.29, 1.82) is 0 Å². The first kappa shape index (κ1) is 45.8. The molecule has 6 aromatic rings. The van der Waals surface area contributed by atoms with Crippen LogP contribution in [0.25, 0.3) is 43.8 Å². The van der Waals surface area contributed by atoms with Gasteiger partial charge < -0.3 is 14.9 Å². The molecule has 0 nitrogen and oxygen atoms in total. The van der Waals surface area contributed by atoms with Gasteiger partial charge in [0.15, 0.2) is 0 Å². The van der Waals surface area contributed by atoms with Gasteiger partial charge in [-0.3, -0.25) is 0 Å². The molecular weight excluding hydrogens is 743 g/mol. The van der Waals surface area contributed by atoms with Crippen LogP contribution >= 0.6 is 24.8 Å². The zero-order valence-corrected chi connectivity index (χ0v) is 36.3. The Morgan fingerprint density at radius 3 is 1.50 bits per heavy atom. The van der Waals surface area contributed by atoms with Crippen LogP contribution in [0.15, 0.2) is 109 Å². The number of hydrogen-bond acceptors (Lipinski definition) is 0. The molecule has 0 bridgehead atoms. The number of hydrogen-bond donors (Lipinski definition) is 0. The fraction of sp³-hybridized carbons (Fsp3) is 0.304. The molecule has 4 heteroatoms. The first-order valence-electron chi connectivity index (χ1n) is 17.2. The average Bonchev–Trinajstić information content (AvgIpc) is 3.75. The molecule has 0 atom stereocenters. The first-order chi connectivity index (χ1) is 22.4. The second-order valence-electron chi connectivity index (χ2n) is 13.5. The molecule has 1 fully saturated rings. The molecule has 0 N–H and O–H groups in total. The van der Waals surface area contributed by atoms with Crippen molar-refractivity contribution in [3.63, 3.8) is 0 Å². The summed E-state index contributed by atoms with van der Waals surface area (Å²) >= 11 is 1.36. The molecule has 1 aliphatic rings. The Morgan fingerprint density at radius 1 is 0.620 bits per heavy atom. The number of halogens is 2. The predicted molar refractivity (Wildman–Crippen MR) is 226 cm³/mol. The third-order valence-electron chi connectivity index (χ3n) is 9.85. The summed E-state index contributed by atoms with van der Waals surface area (Å²) in [5.41, 5.74) is 11.2. The third kappa shape index (κ3) is 10.9. The molecule has 2 radical (unpaired) electrons. The molecule has 0 aliphatic heterocycles. The Morgan fingerprint density at radius 2 is 1.06 bits per heavy atom. The molecule has 1 aliphatic carbocycles. The van der Waals surface area contributed by atoms with Crippen LogP contribution in [0.1, 0.15) is 107 Å². The van der Waals surface area contributed by atoms with Crippen molar-refractivity contribution in [3.05, 3.63) is 146 Å². The van der Waals surface area contributed by atoms with E-state index in [0.717, 1.165) is 12.3 Å². The minimum atomic E-state index is 0. The molecule has 0 aromatic heterocycles. The third-order valence-corrected chi connectivity index (χ3v) is 9.85. The Labute approximate surface area is 333 Å². The van der Waals surface area contributed by atoms with Gasteiger partial charge in [-0.2, -0.15) is 12.1 Å². The molecule has 50 heavy (non-hydrogen) atoms. The SMILES string of the molecule is CC(C)c1ccc(-c2cccc3[cH-]c(C4CCCCC4)cc23)cc1.CCc1cc2c(-c3ccc(C(C)C)cc3)cccc2[cH-]1.Cl.Cl.[CH3-].[CH3-].[Si]=[Zr]. The van der Waals surface area contributed by atoms with E-state index in [-0.39, 0.29) is 39.7 Å². The molecular formula is C46H56Cl2SiZr-4. The van der Waals surface area contributed by atoms with E-state index in [9.17, 15) is 0 Å². The van der Waals surface area contributed by atoms with Crippen LogP contribution in [-0.2, 0) is 29.8 Å². The standard InChI is InChI=1S/C24H27.C20H21.2CH3.2ClH.Si.Zr/c1-17(2)18-11-13-20(14-12-18)23-10-6-9-21-15-22(16-24(21)23)19-7-4-3-5-8-19;1-4-15-12-18-6-5-7-19(20(18)13-15)17-10-8-16(9-11-17)14(2)3;;;;;;/h6,9-17,19H,3-5,7-8H2,1-2H3;5-14H,4H2,1-3H3;2*1H3;2*1H;;/q4*-1;;;;. The molecule has 6 aromatic carbocycles. The van der Waals surface area contributed by atoms with Gasteiger partial charge in [0.25, 0.3) is 0 Å². The number of aryl methyl sites for hydroxylation is 1. The maximum absolute atomic E-state index is 3.06. The average molecular weight is 799 g/mol. The van der Waals surface area contributed by atoms with Crippen LogP contribution in [0.2, 0.25) is 0 Å². The van der Waals surface area contributed by atoms with Crippen LogP contribution < -0.4 is 0 Å². The molecule has 0 spiro atoms. The van der Waals surface area contributed by atoms with Gasteiger partial charge in [-0.25, -0.2) is 0 Å². The van der Waals surface area contributed by atoms with Crippen molar-refractivity contribution in [2.75, 3.05) is 0 Å². The minimum absolute atomic E-state index is 0. The summed E-state index contributed by atoms with van der Waals surface area (Å²) in [6, 6.07) is 41.1. The summed E-state index contributed by atoms with van der Waals surface area (Å²) in [6.07, 6.45) is 8.06. The van der Waals surface area contributed by atoms with Crippen molar-refractivity contribution >= 4 is 53.2 Å². The summed E-state index contributed by atoms with van der Waals surface area (Å²) < 4.78 is 0. The normalized spacial score (nSPS) is 12.4. The van der Waals surface area contributed by atoms with E-state index in [2.05, 4.69) is 151 Å². The fourth-order valence-corrected chi connectivity index (χ4v) is 7.03. The van der Waals surface area contributed by atoms with E-state index < -0.39 is 0 Å². The van der Waals surface area contributed by atoms with Gasteiger partial charge in [0.2, 0.25) is 0 Å². The Kier molecular flexibility index (Phi) is 20.1. The van der Waals surface area contributed by atoms with Gasteiger partial charge in [-0.05, 0) is 59.3 Å². The molecule has 0 amide bonds. The Balaban J connectivity index is 0.000000448. The topological polar surface area (TPSA) is 0 Å². The van der Waals surface area contributed by atoms with Crippen LogP contribution in [0.5, 0.6) is 0 Å².